The summed E-state index contributed by atoms with van der Waals surface area (Å²) in [6.07, 6.45) is 0. The topological polar surface area (TPSA) is 139 Å². The van der Waals surface area contributed by atoms with E-state index >= 15 is 0 Å². The minimum absolute atomic E-state index is 0.127. The number of hydrogen-bond donors (Lipinski definition) is 2. The molecule has 0 radical (unpaired) electrons. The molecule has 0 aromatic heterocycles. The monoisotopic (exact) mass is 416 g/mol. The quantitative estimate of drug-likeness (QED) is 0.436. The van der Waals surface area contributed by atoms with E-state index in [0.29, 0.717) is 10.6 Å². The molecule has 0 saturated carbocycles. The lowest BCUT2D eigenvalue weighted by atomic mass is 10.1. The first kappa shape index (κ1) is 20.0. The van der Waals surface area contributed by atoms with Crippen LogP contribution in [0.15, 0.2) is 36.4 Å². The van der Waals surface area contributed by atoms with Crippen molar-refractivity contribution in [1.82, 2.24) is 4.90 Å². The van der Waals surface area contributed by atoms with Crippen LogP contribution in [0.4, 0.5) is 17.1 Å². The summed E-state index contributed by atoms with van der Waals surface area (Å²) in [5, 5.41) is 16.2. The molecule has 1 heterocycles. The first-order valence-corrected chi connectivity index (χ1v) is 8.57. The van der Waals surface area contributed by atoms with Crippen molar-refractivity contribution in [3.8, 4) is 0 Å². The maximum absolute atomic E-state index is 12.5. The number of nitrogens with zero attached hydrogens (tertiary/aromatic N) is 2. The molecule has 29 heavy (non-hydrogen) atoms. The van der Waals surface area contributed by atoms with Gasteiger partial charge in [0.25, 0.3) is 17.5 Å². The van der Waals surface area contributed by atoms with Gasteiger partial charge in [-0.3, -0.25) is 34.2 Å². The molecule has 1 aliphatic heterocycles. The molecule has 0 saturated heterocycles. The minimum Gasteiger partial charge on any atom is -0.326 e. The zero-order valence-corrected chi connectivity index (χ0v) is 15.6. The van der Waals surface area contributed by atoms with Gasteiger partial charge in [-0.1, -0.05) is 17.7 Å². The van der Waals surface area contributed by atoms with Crippen molar-refractivity contribution in [2.75, 3.05) is 17.2 Å². The largest absolute Gasteiger partial charge is 0.326 e. The Morgan fingerprint density at radius 1 is 1.14 bits per heavy atom. The van der Waals surface area contributed by atoms with Crippen LogP contribution in [0.3, 0.4) is 0 Å². The molecule has 2 aromatic rings. The van der Waals surface area contributed by atoms with Crippen LogP contribution in [0.2, 0.25) is 5.02 Å². The van der Waals surface area contributed by atoms with Crippen LogP contribution in [0.5, 0.6) is 0 Å². The summed E-state index contributed by atoms with van der Waals surface area (Å²) in [6.45, 7) is 0.684. The number of rotatable bonds is 5. The summed E-state index contributed by atoms with van der Waals surface area (Å²) in [4.78, 5) is 59.3. The Morgan fingerprint density at radius 3 is 2.48 bits per heavy atom. The van der Waals surface area contributed by atoms with E-state index in [9.17, 15) is 29.3 Å². The van der Waals surface area contributed by atoms with Gasteiger partial charge in [0.1, 0.15) is 12.1 Å². The molecular weight excluding hydrogens is 404 g/mol. The Hall–Kier alpha value is -3.79. The van der Waals surface area contributed by atoms with Crippen molar-refractivity contribution in [3.05, 3.63) is 62.7 Å². The molecular formula is C18H13ClN4O6. The summed E-state index contributed by atoms with van der Waals surface area (Å²) in [7, 11) is 0. The SMILES string of the molecule is CC(=O)Nc1ccc(NC(=O)CN2C(=O)c3cccc([N+](=O)[O-])c3C2=O)c(Cl)c1. The second kappa shape index (κ2) is 7.68. The molecule has 0 spiro atoms. The van der Waals surface area contributed by atoms with E-state index in [2.05, 4.69) is 10.6 Å². The highest BCUT2D eigenvalue weighted by Gasteiger charge is 2.41. The number of hydrogen-bond acceptors (Lipinski definition) is 6. The van der Waals surface area contributed by atoms with Crippen LogP contribution in [0.25, 0.3) is 0 Å². The van der Waals surface area contributed by atoms with Gasteiger partial charge >= 0.3 is 0 Å². The van der Waals surface area contributed by atoms with E-state index in [1.54, 1.807) is 0 Å². The van der Waals surface area contributed by atoms with Gasteiger partial charge < -0.3 is 10.6 Å². The minimum atomic E-state index is -0.917. The number of imide groups is 1. The van der Waals surface area contributed by atoms with E-state index in [1.807, 2.05) is 0 Å². The van der Waals surface area contributed by atoms with Crippen LogP contribution in [0, 0.1) is 10.1 Å². The number of nitrogens with one attached hydrogen (secondary N) is 2. The highest BCUT2D eigenvalue weighted by atomic mass is 35.5. The average molecular weight is 417 g/mol. The zero-order valence-electron chi connectivity index (χ0n) is 14.9. The number of carbonyl (C=O) groups is 4. The predicted molar refractivity (Wildman–Crippen MR) is 103 cm³/mol. The standard InChI is InChI=1S/C18H13ClN4O6/c1-9(24)20-10-5-6-13(12(19)7-10)21-15(25)8-22-17(26)11-3-2-4-14(23(28)29)16(11)18(22)27/h2-7H,8H2,1H3,(H,20,24)(H,21,25). The number of halogens is 1. The van der Waals surface area contributed by atoms with Gasteiger partial charge in [-0.2, -0.15) is 0 Å². The van der Waals surface area contributed by atoms with Crippen LogP contribution >= 0.6 is 11.6 Å². The second-order valence-electron chi connectivity index (χ2n) is 6.08. The lowest BCUT2D eigenvalue weighted by Gasteiger charge is -2.14. The van der Waals surface area contributed by atoms with Crippen LogP contribution in [-0.4, -0.2) is 40.0 Å². The van der Waals surface area contributed by atoms with Crippen molar-refractivity contribution in [2.45, 2.75) is 6.92 Å². The highest BCUT2D eigenvalue weighted by Crippen LogP contribution is 2.31. The zero-order chi connectivity index (χ0) is 21.3. The highest BCUT2D eigenvalue weighted by molar-refractivity contribution is 6.34. The van der Waals surface area contributed by atoms with Crippen LogP contribution in [-0.2, 0) is 9.59 Å². The molecule has 0 atom stereocenters. The number of benzene rings is 2. The van der Waals surface area contributed by atoms with Gasteiger partial charge in [0.15, 0.2) is 0 Å². The first-order chi connectivity index (χ1) is 13.7. The number of anilines is 2. The Labute approximate surface area is 168 Å². The number of carbonyl (C=O) groups excluding carboxylic acids is 4. The molecule has 11 heteroatoms. The fourth-order valence-electron chi connectivity index (χ4n) is 2.84. The second-order valence-corrected chi connectivity index (χ2v) is 6.48. The molecule has 3 rings (SSSR count). The number of amides is 4. The van der Waals surface area contributed by atoms with Gasteiger partial charge in [0.2, 0.25) is 11.8 Å². The first-order valence-electron chi connectivity index (χ1n) is 8.19. The summed E-state index contributed by atoms with van der Waals surface area (Å²) in [6, 6.07) is 8.07. The maximum Gasteiger partial charge on any atom is 0.282 e. The third-order valence-electron chi connectivity index (χ3n) is 4.04. The van der Waals surface area contributed by atoms with Gasteiger partial charge in [0, 0.05) is 18.7 Å². The van der Waals surface area contributed by atoms with Gasteiger partial charge in [-0.25, -0.2) is 0 Å². The van der Waals surface area contributed by atoms with Gasteiger partial charge in [0.05, 0.1) is 21.2 Å². The van der Waals surface area contributed by atoms with Crippen LogP contribution < -0.4 is 10.6 Å². The molecule has 0 bridgehead atoms. The van der Waals surface area contributed by atoms with Crippen molar-refractivity contribution in [2.24, 2.45) is 0 Å². The molecule has 0 aliphatic carbocycles. The van der Waals surface area contributed by atoms with Crippen LogP contribution in [0.1, 0.15) is 27.6 Å². The summed E-state index contributed by atoms with van der Waals surface area (Å²) >= 11 is 6.07. The summed E-state index contributed by atoms with van der Waals surface area (Å²) in [5.74, 6) is -2.73. The van der Waals surface area contributed by atoms with Gasteiger partial charge in [-0.05, 0) is 24.3 Å². The molecule has 2 N–H and O–H groups in total. The molecule has 0 fully saturated rings. The van der Waals surface area contributed by atoms with E-state index in [4.69, 9.17) is 11.6 Å². The molecule has 10 nitrogen and oxygen atoms in total. The molecule has 0 unspecified atom stereocenters. The summed E-state index contributed by atoms with van der Waals surface area (Å²) < 4.78 is 0. The van der Waals surface area contributed by atoms with Crippen molar-refractivity contribution in [1.29, 1.82) is 0 Å². The Morgan fingerprint density at radius 2 is 1.86 bits per heavy atom. The molecule has 4 amide bonds. The summed E-state index contributed by atoms with van der Waals surface area (Å²) in [5.41, 5.74) is -0.343. The lowest BCUT2D eigenvalue weighted by molar-refractivity contribution is -0.385. The average Bonchev–Trinajstić information content (AvgIpc) is 2.88. The van der Waals surface area contributed by atoms with E-state index in [1.165, 1.54) is 37.3 Å². The fourth-order valence-corrected chi connectivity index (χ4v) is 3.07. The van der Waals surface area contributed by atoms with E-state index in [-0.39, 0.29) is 27.7 Å². The fraction of sp³-hybridized carbons (Fsp3) is 0.111. The normalized spacial score (nSPS) is 12.6. The lowest BCUT2D eigenvalue weighted by Crippen LogP contribution is -2.37. The Kier molecular flexibility index (Phi) is 5.29. The number of fused-ring (bicyclic) bond motifs is 1. The van der Waals surface area contributed by atoms with Crippen molar-refractivity contribution in [3.63, 3.8) is 0 Å². The maximum atomic E-state index is 12.5. The van der Waals surface area contributed by atoms with E-state index < -0.39 is 34.9 Å². The van der Waals surface area contributed by atoms with E-state index in [0.717, 1.165) is 6.07 Å². The Balaban J connectivity index is 1.76. The van der Waals surface area contributed by atoms with Crippen molar-refractivity contribution >= 4 is 52.3 Å². The molecule has 1 aliphatic rings. The third kappa shape index (κ3) is 3.92. The smallest absolute Gasteiger partial charge is 0.282 e. The van der Waals surface area contributed by atoms with Crippen molar-refractivity contribution < 1.29 is 24.1 Å². The molecule has 2 aromatic carbocycles. The molecule has 148 valence electrons. The Bertz CT molecular complexity index is 1080. The number of nitro groups is 1. The van der Waals surface area contributed by atoms with Gasteiger partial charge in [-0.15, -0.1) is 0 Å². The third-order valence-corrected chi connectivity index (χ3v) is 4.35. The predicted octanol–water partition coefficient (Wildman–Crippen LogP) is 2.44. The number of nitro benzene ring substituents is 1.